The lowest BCUT2D eigenvalue weighted by molar-refractivity contribution is 0.0997. The van der Waals surface area contributed by atoms with E-state index in [2.05, 4.69) is 11.9 Å². The lowest BCUT2D eigenvalue weighted by Crippen LogP contribution is -2.19. The van der Waals surface area contributed by atoms with Crippen molar-refractivity contribution in [3.8, 4) is 11.5 Å². The van der Waals surface area contributed by atoms with Gasteiger partial charge in [0.25, 0.3) is 5.91 Å². The predicted octanol–water partition coefficient (Wildman–Crippen LogP) is 5.06. The van der Waals surface area contributed by atoms with Crippen molar-refractivity contribution >= 4 is 27.5 Å². The number of aromatic nitrogens is 1. The molecule has 7 heteroatoms. The summed E-state index contributed by atoms with van der Waals surface area (Å²) >= 11 is 1.47. The number of amides is 1. The zero-order chi connectivity index (χ0) is 22.1. The third-order valence-electron chi connectivity index (χ3n) is 4.78. The van der Waals surface area contributed by atoms with E-state index in [1.807, 2.05) is 41.8 Å². The molecular weight excluding hydrogens is 412 g/mol. The number of benzene rings is 2. The fourth-order valence-corrected chi connectivity index (χ4v) is 4.29. The second-order valence-corrected chi connectivity index (χ2v) is 8.10. The van der Waals surface area contributed by atoms with Gasteiger partial charge in [-0.05, 0) is 49.7 Å². The molecule has 1 aromatic heterocycles. The Labute approximate surface area is 187 Å². The summed E-state index contributed by atoms with van der Waals surface area (Å²) in [4.78, 5) is 18.0. The third-order valence-corrected chi connectivity index (χ3v) is 5.82. The molecule has 31 heavy (non-hydrogen) atoms. The van der Waals surface area contributed by atoms with Crippen LogP contribution in [0.2, 0.25) is 0 Å². The van der Waals surface area contributed by atoms with Gasteiger partial charge in [-0.2, -0.15) is 4.99 Å². The molecule has 0 saturated heterocycles. The maximum atomic E-state index is 12.9. The first kappa shape index (κ1) is 23.0. The van der Waals surface area contributed by atoms with Crippen LogP contribution in [-0.2, 0) is 11.3 Å². The molecule has 0 atom stereocenters. The maximum absolute atomic E-state index is 12.9. The Hall–Kier alpha value is -2.64. The monoisotopic (exact) mass is 442 g/mol. The van der Waals surface area contributed by atoms with Gasteiger partial charge in [-0.25, -0.2) is 0 Å². The Morgan fingerprint density at radius 2 is 1.87 bits per heavy atom. The van der Waals surface area contributed by atoms with Crippen molar-refractivity contribution in [3.63, 3.8) is 0 Å². The van der Waals surface area contributed by atoms with Crippen molar-refractivity contribution in [2.45, 2.75) is 39.7 Å². The number of methoxy groups -OCH3 is 1. The summed E-state index contributed by atoms with van der Waals surface area (Å²) in [5, 5.41) is 0. The van der Waals surface area contributed by atoms with Crippen LogP contribution in [0.1, 0.15) is 43.5 Å². The van der Waals surface area contributed by atoms with Gasteiger partial charge in [0.15, 0.2) is 4.80 Å². The van der Waals surface area contributed by atoms with Gasteiger partial charge >= 0.3 is 0 Å². The van der Waals surface area contributed by atoms with E-state index >= 15 is 0 Å². The van der Waals surface area contributed by atoms with Crippen LogP contribution < -0.4 is 14.3 Å². The largest absolute Gasteiger partial charge is 0.494 e. The summed E-state index contributed by atoms with van der Waals surface area (Å²) in [6.45, 7) is 6.51. The molecule has 3 rings (SSSR count). The van der Waals surface area contributed by atoms with Gasteiger partial charge in [0, 0.05) is 19.2 Å². The molecule has 166 valence electrons. The van der Waals surface area contributed by atoms with E-state index < -0.39 is 0 Å². The van der Waals surface area contributed by atoms with E-state index in [1.165, 1.54) is 11.3 Å². The van der Waals surface area contributed by atoms with Crippen LogP contribution >= 0.6 is 11.3 Å². The van der Waals surface area contributed by atoms with E-state index in [4.69, 9.17) is 14.2 Å². The van der Waals surface area contributed by atoms with Gasteiger partial charge in [-0.1, -0.05) is 37.2 Å². The van der Waals surface area contributed by atoms with Crippen molar-refractivity contribution in [3.05, 3.63) is 52.8 Å². The van der Waals surface area contributed by atoms with Crippen LogP contribution in [0.4, 0.5) is 0 Å². The molecular formula is C24H30N2O4S. The fraction of sp³-hybridized carbons (Fsp3) is 0.417. The Balaban J connectivity index is 1.90. The summed E-state index contributed by atoms with van der Waals surface area (Å²) in [6.07, 6.45) is 3.28. The molecule has 0 saturated carbocycles. The highest BCUT2D eigenvalue weighted by atomic mass is 32.1. The average Bonchev–Trinajstić information content (AvgIpc) is 3.11. The predicted molar refractivity (Wildman–Crippen MR) is 124 cm³/mol. The van der Waals surface area contributed by atoms with E-state index in [-0.39, 0.29) is 5.91 Å². The SMILES string of the molecule is CCCCCOc1cccc(C(=O)N=c2sc3cc(OCC)ccc3n2CCOC)c1. The van der Waals surface area contributed by atoms with Gasteiger partial charge in [0.1, 0.15) is 11.5 Å². The standard InChI is InChI=1S/C24H30N2O4S/c1-4-6-7-14-30-19-10-8-9-18(16-19)23(27)25-24-26(13-15-28-3)21-12-11-20(29-5-2)17-22(21)31-24/h8-12,16-17H,4-7,13-15H2,1-3H3. The van der Waals surface area contributed by atoms with E-state index in [0.717, 1.165) is 35.2 Å². The van der Waals surface area contributed by atoms with Crippen molar-refractivity contribution < 1.29 is 19.0 Å². The van der Waals surface area contributed by atoms with Crippen molar-refractivity contribution in [1.29, 1.82) is 0 Å². The first-order chi connectivity index (χ1) is 15.2. The van der Waals surface area contributed by atoms with Crippen LogP contribution in [0.25, 0.3) is 10.2 Å². The molecule has 6 nitrogen and oxygen atoms in total. The van der Waals surface area contributed by atoms with Crippen LogP contribution in [0.15, 0.2) is 47.5 Å². The molecule has 0 bridgehead atoms. The van der Waals surface area contributed by atoms with E-state index in [0.29, 0.717) is 42.5 Å². The molecule has 0 aliphatic carbocycles. The Morgan fingerprint density at radius 1 is 1.03 bits per heavy atom. The molecule has 0 fully saturated rings. The summed E-state index contributed by atoms with van der Waals surface area (Å²) < 4.78 is 19.7. The number of unbranched alkanes of at least 4 members (excludes halogenated alkanes) is 2. The molecule has 0 N–H and O–H groups in total. The summed E-state index contributed by atoms with van der Waals surface area (Å²) in [7, 11) is 1.66. The number of carbonyl (C=O) groups is 1. The number of fused-ring (bicyclic) bond motifs is 1. The van der Waals surface area contributed by atoms with Crippen molar-refractivity contribution in [2.24, 2.45) is 4.99 Å². The van der Waals surface area contributed by atoms with E-state index in [1.54, 1.807) is 19.2 Å². The smallest absolute Gasteiger partial charge is 0.279 e. The number of rotatable bonds is 11. The summed E-state index contributed by atoms with van der Waals surface area (Å²) in [6, 6.07) is 13.2. The fourth-order valence-electron chi connectivity index (χ4n) is 3.21. The van der Waals surface area contributed by atoms with Gasteiger partial charge < -0.3 is 18.8 Å². The first-order valence-corrected chi connectivity index (χ1v) is 11.5. The van der Waals surface area contributed by atoms with Crippen LogP contribution in [-0.4, -0.2) is 37.4 Å². The topological polar surface area (TPSA) is 62.0 Å². The van der Waals surface area contributed by atoms with E-state index in [9.17, 15) is 4.79 Å². The van der Waals surface area contributed by atoms with Crippen molar-refractivity contribution in [2.75, 3.05) is 26.9 Å². The highest BCUT2D eigenvalue weighted by Gasteiger charge is 2.11. The molecule has 1 amide bonds. The zero-order valence-electron chi connectivity index (χ0n) is 18.4. The number of ether oxygens (including phenoxy) is 3. The molecule has 2 aromatic carbocycles. The summed E-state index contributed by atoms with van der Waals surface area (Å²) in [5.41, 5.74) is 1.52. The number of hydrogen-bond donors (Lipinski definition) is 0. The molecule has 0 radical (unpaired) electrons. The second kappa shape index (κ2) is 11.7. The van der Waals surface area contributed by atoms with Crippen LogP contribution in [0.3, 0.4) is 0 Å². The highest BCUT2D eigenvalue weighted by molar-refractivity contribution is 7.16. The highest BCUT2D eigenvalue weighted by Crippen LogP contribution is 2.24. The Kier molecular flexibility index (Phi) is 8.67. The molecule has 0 aliphatic rings. The first-order valence-electron chi connectivity index (χ1n) is 10.7. The quantitative estimate of drug-likeness (QED) is 0.390. The van der Waals surface area contributed by atoms with Crippen molar-refractivity contribution in [1.82, 2.24) is 4.57 Å². The number of carbonyl (C=O) groups excluding carboxylic acids is 1. The lowest BCUT2D eigenvalue weighted by atomic mass is 10.2. The number of hydrogen-bond acceptors (Lipinski definition) is 5. The minimum absolute atomic E-state index is 0.290. The number of nitrogens with zero attached hydrogens (tertiary/aromatic N) is 2. The van der Waals surface area contributed by atoms with Gasteiger partial charge in [0.05, 0.1) is 30.0 Å². The molecule has 3 aromatic rings. The average molecular weight is 443 g/mol. The lowest BCUT2D eigenvalue weighted by Gasteiger charge is -2.07. The Bertz CT molecular complexity index is 1070. The van der Waals surface area contributed by atoms with Crippen LogP contribution in [0, 0.1) is 0 Å². The Morgan fingerprint density at radius 3 is 2.65 bits per heavy atom. The second-order valence-electron chi connectivity index (χ2n) is 7.09. The molecule has 0 spiro atoms. The maximum Gasteiger partial charge on any atom is 0.279 e. The molecule has 1 heterocycles. The van der Waals surface area contributed by atoms with Gasteiger partial charge in [-0.3, -0.25) is 4.79 Å². The zero-order valence-corrected chi connectivity index (χ0v) is 19.2. The summed E-state index contributed by atoms with van der Waals surface area (Å²) in [5.74, 6) is 1.21. The van der Waals surface area contributed by atoms with Crippen LogP contribution in [0.5, 0.6) is 11.5 Å². The minimum atomic E-state index is -0.290. The number of thiazole rings is 1. The minimum Gasteiger partial charge on any atom is -0.494 e. The molecule has 0 unspecified atom stereocenters. The normalized spacial score (nSPS) is 11.8. The molecule has 0 aliphatic heterocycles. The third kappa shape index (κ3) is 6.18. The van der Waals surface area contributed by atoms with Gasteiger partial charge in [0.2, 0.25) is 0 Å². The van der Waals surface area contributed by atoms with Gasteiger partial charge in [-0.15, -0.1) is 0 Å².